The van der Waals surface area contributed by atoms with Crippen molar-refractivity contribution in [2.24, 2.45) is 0 Å². The summed E-state index contributed by atoms with van der Waals surface area (Å²) in [6, 6.07) is 0. The Hall–Kier alpha value is -2.13. The third-order valence-corrected chi connectivity index (χ3v) is 5.34. The Morgan fingerprint density at radius 2 is 2.16 bits per heavy atom. The van der Waals surface area contributed by atoms with E-state index in [1.807, 2.05) is 0 Å². The lowest BCUT2D eigenvalue weighted by Gasteiger charge is -2.02. The average Bonchev–Trinajstić information content (AvgIpc) is 3.15. The Balaban J connectivity index is 2.03. The number of aromatic amines is 1. The molecule has 0 radical (unpaired) electrons. The molecule has 0 saturated carbocycles. The van der Waals surface area contributed by atoms with Crippen LogP contribution in [0.3, 0.4) is 0 Å². The van der Waals surface area contributed by atoms with Crippen LogP contribution >= 0.6 is 23.1 Å². The number of hydrogen-bond donors (Lipinski definition) is 2. The zero-order valence-corrected chi connectivity index (χ0v) is 16.0. The van der Waals surface area contributed by atoms with E-state index in [-0.39, 0.29) is 11.5 Å². The van der Waals surface area contributed by atoms with E-state index in [0.717, 1.165) is 0 Å². The lowest BCUT2D eigenvalue weighted by molar-refractivity contribution is 0.0525. The number of H-pyrrole nitrogens is 1. The highest BCUT2D eigenvalue weighted by atomic mass is 32.2. The Morgan fingerprint density at radius 1 is 1.40 bits per heavy atom. The van der Waals surface area contributed by atoms with Crippen molar-refractivity contribution in [3.8, 4) is 0 Å². The number of ether oxygens (including phenoxy) is 1. The molecule has 2 heterocycles. The number of carbonyl (C=O) groups is 2. The number of Topliss-reactive ketones (excluding diaryl/α,β-unsaturated/α-hetero) is 1. The number of aromatic nitrogens is 3. The molecule has 0 aliphatic rings. The van der Waals surface area contributed by atoms with Gasteiger partial charge in [0, 0.05) is 12.2 Å². The molecular weight excluding hydrogens is 360 g/mol. The van der Waals surface area contributed by atoms with E-state index < -0.39 is 5.97 Å². The molecule has 2 aromatic heterocycles. The summed E-state index contributed by atoms with van der Waals surface area (Å²) in [5.41, 5.74) is 2.12. The van der Waals surface area contributed by atoms with Gasteiger partial charge in [0.1, 0.15) is 0 Å². The first-order valence-corrected chi connectivity index (χ1v) is 9.48. The Bertz CT molecular complexity index is 782. The summed E-state index contributed by atoms with van der Waals surface area (Å²) >= 11 is 2.69. The Kier molecular flexibility index (Phi) is 6.77. The number of nitrogens with zero attached hydrogens (tertiary/aromatic N) is 2. The fourth-order valence-corrected chi connectivity index (χ4v) is 3.87. The van der Waals surface area contributed by atoms with Crippen LogP contribution in [0.25, 0.3) is 0 Å². The molecule has 9 heteroatoms. The molecule has 2 aromatic rings. The van der Waals surface area contributed by atoms with Crippen molar-refractivity contribution in [3.63, 3.8) is 0 Å². The monoisotopic (exact) mass is 380 g/mol. The van der Waals surface area contributed by atoms with Crippen LogP contribution in [0, 0.1) is 13.8 Å². The van der Waals surface area contributed by atoms with E-state index in [1.54, 1.807) is 26.8 Å². The summed E-state index contributed by atoms with van der Waals surface area (Å²) in [7, 11) is 0. The Morgan fingerprint density at radius 3 is 2.84 bits per heavy atom. The average molecular weight is 380 g/mol. The molecular formula is C16H20N4O3S2. The van der Waals surface area contributed by atoms with Gasteiger partial charge in [0.25, 0.3) is 0 Å². The SMILES string of the molecule is C=CCNc1nnc(SCC(=O)c2[nH]c(C)c(C(=O)OCC)c2C)s1. The fraction of sp³-hybridized carbons (Fsp3) is 0.375. The van der Waals surface area contributed by atoms with Gasteiger partial charge in [-0.05, 0) is 26.3 Å². The van der Waals surface area contributed by atoms with Crippen LogP contribution in [0.5, 0.6) is 0 Å². The molecule has 134 valence electrons. The molecule has 0 aliphatic heterocycles. The van der Waals surface area contributed by atoms with Crippen LogP contribution < -0.4 is 5.32 Å². The first-order chi connectivity index (χ1) is 12.0. The van der Waals surface area contributed by atoms with Crippen LogP contribution in [0.1, 0.15) is 39.0 Å². The minimum Gasteiger partial charge on any atom is -0.462 e. The topological polar surface area (TPSA) is 97.0 Å². The molecule has 0 unspecified atom stereocenters. The molecule has 0 bridgehead atoms. The van der Waals surface area contributed by atoms with E-state index >= 15 is 0 Å². The highest BCUT2D eigenvalue weighted by Gasteiger charge is 2.23. The van der Waals surface area contributed by atoms with Crippen LogP contribution in [0.4, 0.5) is 5.13 Å². The number of carbonyl (C=O) groups excluding carboxylic acids is 2. The van der Waals surface area contributed by atoms with Crippen molar-refractivity contribution in [3.05, 3.63) is 35.2 Å². The quantitative estimate of drug-likeness (QED) is 0.298. The summed E-state index contributed by atoms with van der Waals surface area (Å²) in [5, 5.41) is 11.8. The predicted octanol–water partition coefficient (Wildman–Crippen LogP) is 3.23. The highest BCUT2D eigenvalue weighted by Crippen LogP contribution is 2.27. The molecule has 0 amide bonds. The lowest BCUT2D eigenvalue weighted by atomic mass is 10.1. The number of aryl methyl sites for hydroxylation is 1. The summed E-state index contributed by atoms with van der Waals surface area (Å²) in [6.07, 6.45) is 1.73. The second-order valence-electron chi connectivity index (χ2n) is 5.10. The summed E-state index contributed by atoms with van der Waals surface area (Å²) < 4.78 is 5.74. The molecule has 0 spiro atoms. The first kappa shape index (κ1) is 19.2. The number of esters is 1. The van der Waals surface area contributed by atoms with Gasteiger partial charge in [0.05, 0.1) is 23.6 Å². The molecule has 0 fully saturated rings. The van der Waals surface area contributed by atoms with Gasteiger partial charge in [-0.3, -0.25) is 4.79 Å². The maximum atomic E-state index is 12.5. The molecule has 0 saturated heterocycles. The molecule has 25 heavy (non-hydrogen) atoms. The largest absolute Gasteiger partial charge is 0.462 e. The number of hydrogen-bond acceptors (Lipinski definition) is 8. The molecule has 0 atom stereocenters. The standard InChI is InChI=1S/C16H20N4O3S2/c1-5-7-17-15-19-20-16(25-15)24-8-11(21)13-9(3)12(10(4)18-13)14(22)23-6-2/h5,18H,1,6-8H2,2-4H3,(H,17,19). The number of anilines is 1. The van der Waals surface area contributed by atoms with Gasteiger partial charge in [-0.1, -0.05) is 29.2 Å². The van der Waals surface area contributed by atoms with Crippen LogP contribution in [0.2, 0.25) is 0 Å². The van der Waals surface area contributed by atoms with Crippen molar-refractivity contribution < 1.29 is 14.3 Å². The lowest BCUT2D eigenvalue weighted by Crippen LogP contribution is -2.08. The van der Waals surface area contributed by atoms with Gasteiger partial charge >= 0.3 is 5.97 Å². The maximum Gasteiger partial charge on any atom is 0.340 e. The predicted molar refractivity (Wildman–Crippen MR) is 99.9 cm³/mol. The number of rotatable bonds is 9. The summed E-state index contributed by atoms with van der Waals surface area (Å²) in [5.74, 6) is -0.307. The molecule has 0 aliphatic carbocycles. The molecule has 0 aromatic carbocycles. The second-order valence-corrected chi connectivity index (χ2v) is 7.30. The van der Waals surface area contributed by atoms with E-state index in [2.05, 4.69) is 27.1 Å². The van der Waals surface area contributed by atoms with Gasteiger partial charge in [-0.2, -0.15) is 0 Å². The van der Waals surface area contributed by atoms with Crippen molar-refractivity contribution in [1.82, 2.24) is 15.2 Å². The minimum absolute atomic E-state index is 0.100. The zero-order chi connectivity index (χ0) is 18.4. The molecule has 2 rings (SSSR count). The second kappa shape index (κ2) is 8.82. The van der Waals surface area contributed by atoms with Gasteiger partial charge in [-0.25, -0.2) is 4.79 Å². The smallest absolute Gasteiger partial charge is 0.340 e. The number of nitrogens with one attached hydrogen (secondary N) is 2. The van der Waals surface area contributed by atoms with Crippen molar-refractivity contribution in [2.75, 3.05) is 24.2 Å². The van der Waals surface area contributed by atoms with E-state index in [4.69, 9.17) is 4.74 Å². The van der Waals surface area contributed by atoms with Gasteiger partial charge in [0.2, 0.25) is 5.13 Å². The van der Waals surface area contributed by atoms with Crippen molar-refractivity contribution in [1.29, 1.82) is 0 Å². The third-order valence-electron chi connectivity index (χ3n) is 3.33. The van der Waals surface area contributed by atoms with E-state index in [0.29, 0.717) is 45.1 Å². The van der Waals surface area contributed by atoms with Gasteiger partial charge in [0.15, 0.2) is 10.1 Å². The van der Waals surface area contributed by atoms with E-state index in [1.165, 1.54) is 23.1 Å². The minimum atomic E-state index is -0.414. The molecule has 2 N–H and O–H groups in total. The maximum absolute atomic E-state index is 12.5. The molecule has 7 nitrogen and oxygen atoms in total. The normalized spacial score (nSPS) is 10.5. The first-order valence-electron chi connectivity index (χ1n) is 7.68. The van der Waals surface area contributed by atoms with Crippen molar-refractivity contribution >= 4 is 40.0 Å². The van der Waals surface area contributed by atoms with Gasteiger partial charge in [-0.15, -0.1) is 16.8 Å². The Labute approximate surface area is 154 Å². The zero-order valence-electron chi connectivity index (χ0n) is 14.3. The van der Waals surface area contributed by atoms with E-state index in [9.17, 15) is 9.59 Å². The fourth-order valence-electron chi connectivity index (χ4n) is 2.24. The number of thioether (sulfide) groups is 1. The third kappa shape index (κ3) is 4.70. The number of ketones is 1. The van der Waals surface area contributed by atoms with Crippen LogP contribution in [-0.4, -0.2) is 45.8 Å². The van der Waals surface area contributed by atoms with Gasteiger partial charge < -0.3 is 15.0 Å². The van der Waals surface area contributed by atoms with Crippen LogP contribution in [0.15, 0.2) is 17.0 Å². The summed E-state index contributed by atoms with van der Waals surface area (Å²) in [4.78, 5) is 27.5. The summed E-state index contributed by atoms with van der Waals surface area (Å²) in [6.45, 7) is 9.77. The van der Waals surface area contributed by atoms with Crippen LogP contribution in [-0.2, 0) is 4.74 Å². The highest BCUT2D eigenvalue weighted by molar-refractivity contribution is 8.01. The van der Waals surface area contributed by atoms with Crippen molar-refractivity contribution in [2.45, 2.75) is 25.1 Å².